The van der Waals surface area contributed by atoms with Crippen molar-refractivity contribution in [2.24, 2.45) is 5.41 Å². The molecule has 1 spiro atoms. The summed E-state index contributed by atoms with van der Waals surface area (Å²) >= 11 is 0. The monoisotopic (exact) mass is 852 g/mol. The number of aryl methyl sites for hydroxylation is 2. The average molecular weight is 853 g/mol. The van der Waals surface area contributed by atoms with Gasteiger partial charge in [0.2, 0.25) is 5.88 Å². The van der Waals surface area contributed by atoms with Gasteiger partial charge in [0.25, 0.3) is 0 Å². The molecule has 52 heavy (non-hydrogen) atoms. The quantitative estimate of drug-likeness (QED) is 0.162. The van der Waals surface area contributed by atoms with Gasteiger partial charge in [0.1, 0.15) is 11.5 Å². The number of benzene rings is 5. The van der Waals surface area contributed by atoms with Crippen molar-refractivity contribution in [2.45, 2.75) is 39.5 Å². The van der Waals surface area contributed by atoms with Crippen LogP contribution in [0.15, 0.2) is 128 Å². The number of hydrogen-bond donors (Lipinski definition) is 0. The van der Waals surface area contributed by atoms with E-state index in [1.165, 1.54) is 38.9 Å². The maximum atomic E-state index is 7.05. The van der Waals surface area contributed by atoms with Gasteiger partial charge in [-0.2, -0.15) is 35.3 Å². The standard InChI is InChI=1S/C47H35N3O.Pt/c1-30-12-10-13-31(2)45(30)36-24-43(50-41-20-9-8-18-38(41)39-19-11-21-48-46(39)50)49-44(25-36)51-42-23-35(32-14-4-3-5-15-32)22-37-28-47(29-40(37)42)26-33-16-6-7-17-34(33)27-47;/h3-14,16-22,24-25H,26-29H2,1-2H3;/q-2;+2. The smallest absolute Gasteiger partial charge is 0.460 e. The zero-order chi connectivity index (χ0) is 34.1. The Morgan fingerprint density at radius 2 is 1.42 bits per heavy atom. The van der Waals surface area contributed by atoms with E-state index in [1.54, 1.807) is 0 Å². The van der Waals surface area contributed by atoms with Crippen molar-refractivity contribution < 1.29 is 25.8 Å². The Labute approximate surface area is 318 Å². The van der Waals surface area contributed by atoms with Gasteiger partial charge in [0, 0.05) is 28.8 Å². The van der Waals surface area contributed by atoms with Crippen LogP contribution in [-0.4, -0.2) is 14.5 Å². The van der Waals surface area contributed by atoms with E-state index in [4.69, 9.17) is 14.7 Å². The second-order valence-corrected chi connectivity index (χ2v) is 14.4. The fraction of sp³-hybridized carbons (Fsp3) is 0.149. The molecule has 0 atom stereocenters. The minimum Gasteiger partial charge on any atom is -0.460 e. The molecule has 0 N–H and O–H groups in total. The first-order valence-corrected chi connectivity index (χ1v) is 17.7. The first-order valence-electron chi connectivity index (χ1n) is 17.7. The number of nitrogens with zero attached hydrogens (tertiary/aromatic N) is 3. The molecule has 0 fully saturated rings. The van der Waals surface area contributed by atoms with E-state index in [2.05, 4.69) is 134 Å². The molecule has 0 aliphatic heterocycles. The molecule has 0 saturated carbocycles. The molecule has 8 aromatic rings. The maximum absolute atomic E-state index is 7.05. The van der Waals surface area contributed by atoms with E-state index < -0.39 is 0 Å². The summed E-state index contributed by atoms with van der Waals surface area (Å²) in [6.07, 6.45) is 5.97. The predicted molar refractivity (Wildman–Crippen MR) is 205 cm³/mol. The summed E-state index contributed by atoms with van der Waals surface area (Å²) < 4.78 is 9.22. The van der Waals surface area contributed by atoms with Crippen LogP contribution in [-0.2, 0) is 46.7 Å². The Bertz CT molecular complexity index is 2560. The molecule has 0 bridgehead atoms. The topological polar surface area (TPSA) is 39.9 Å². The Morgan fingerprint density at radius 3 is 2.21 bits per heavy atom. The third-order valence-corrected chi connectivity index (χ3v) is 11.0. The number of hydrogen-bond acceptors (Lipinski definition) is 3. The molecule has 0 radical (unpaired) electrons. The second kappa shape index (κ2) is 12.7. The van der Waals surface area contributed by atoms with Gasteiger partial charge >= 0.3 is 21.1 Å². The number of fused-ring (bicyclic) bond motifs is 5. The van der Waals surface area contributed by atoms with Crippen molar-refractivity contribution in [2.75, 3.05) is 0 Å². The molecule has 254 valence electrons. The summed E-state index contributed by atoms with van der Waals surface area (Å²) in [6, 6.07) is 49.9. The molecule has 0 saturated heterocycles. The van der Waals surface area contributed by atoms with E-state index in [1.807, 2.05) is 24.4 Å². The molecule has 10 rings (SSSR count). The molecular formula is C47H35N3OPt. The minimum absolute atomic E-state index is 0. The average Bonchev–Trinajstić information content (AvgIpc) is 3.81. The molecule has 5 heteroatoms. The van der Waals surface area contributed by atoms with Gasteiger partial charge in [-0.25, -0.2) is 16.1 Å². The summed E-state index contributed by atoms with van der Waals surface area (Å²) in [7, 11) is 0. The van der Waals surface area contributed by atoms with E-state index in [-0.39, 0.29) is 26.5 Å². The van der Waals surface area contributed by atoms with Gasteiger partial charge in [0.05, 0.1) is 5.52 Å². The normalized spacial score (nSPS) is 14.0. The molecule has 0 unspecified atom stereocenters. The van der Waals surface area contributed by atoms with Gasteiger partial charge in [0.15, 0.2) is 0 Å². The molecule has 3 aromatic heterocycles. The SMILES string of the molecule is Cc1cccc(C)c1-c1cc(Oc2[c-]c(-c3[c-]cccc3)cc3c2CC2(Cc4ccccc4C2)C3)nc(-n2c3ccccc3c3cccnc32)c1.[Pt+2]. The summed E-state index contributed by atoms with van der Waals surface area (Å²) in [4.78, 5) is 10.1. The summed E-state index contributed by atoms with van der Waals surface area (Å²) in [5.74, 6) is 2.06. The van der Waals surface area contributed by atoms with Gasteiger partial charge in [-0.1, -0.05) is 72.6 Å². The van der Waals surface area contributed by atoms with Crippen LogP contribution in [0.25, 0.3) is 50.0 Å². The van der Waals surface area contributed by atoms with Gasteiger partial charge in [-0.15, -0.1) is 17.7 Å². The van der Waals surface area contributed by atoms with Crippen molar-refractivity contribution in [1.29, 1.82) is 0 Å². The van der Waals surface area contributed by atoms with Crippen molar-refractivity contribution in [3.8, 4) is 39.7 Å². The Morgan fingerprint density at radius 1 is 0.692 bits per heavy atom. The zero-order valence-corrected chi connectivity index (χ0v) is 31.3. The molecular weight excluding hydrogens is 818 g/mol. The molecule has 5 aromatic carbocycles. The molecule has 4 nitrogen and oxygen atoms in total. The minimum atomic E-state index is 0. The molecule has 2 aliphatic carbocycles. The zero-order valence-electron chi connectivity index (χ0n) is 29.0. The third-order valence-electron chi connectivity index (χ3n) is 11.0. The van der Waals surface area contributed by atoms with Gasteiger partial charge in [-0.3, -0.25) is 4.57 Å². The van der Waals surface area contributed by atoms with Crippen molar-refractivity contribution in [3.05, 3.63) is 173 Å². The third kappa shape index (κ3) is 5.40. The fourth-order valence-electron chi connectivity index (χ4n) is 8.85. The van der Waals surface area contributed by atoms with Crippen LogP contribution in [0.2, 0.25) is 0 Å². The van der Waals surface area contributed by atoms with Crippen LogP contribution in [0.3, 0.4) is 0 Å². The Balaban J connectivity index is 0.00000360. The number of pyridine rings is 2. The summed E-state index contributed by atoms with van der Waals surface area (Å²) in [5.41, 5.74) is 14.2. The molecule has 3 heterocycles. The number of ether oxygens (including phenoxy) is 1. The van der Waals surface area contributed by atoms with Crippen molar-refractivity contribution >= 4 is 21.9 Å². The van der Waals surface area contributed by atoms with Crippen LogP contribution < -0.4 is 4.74 Å². The van der Waals surface area contributed by atoms with E-state index in [0.29, 0.717) is 5.88 Å². The van der Waals surface area contributed by atoms with Crippen LogP contribution in [0.4, 0.5) is 0 Å². The Kier molecular flexibility index (Phi) is 7.97. The van der Waals surface area contributed by atoms with Crippen LogP contribution in [0.1, 0.15) is 33.4 Å². The maximum Gasteiger partial charge on any atom is 2.00 e. The van der Waals surface area contributed by atoms with Crippen LogP contribution in [0, 0.1) is 31.4 Å². The van der Waals surface area contributed by atoms with E-state index in [0.717, 1.165) is 75.9 Å². The van der Waals surface area contributed by atoms with E-state index >= 15 is 0 Å². The Hall–Kier alpha value is -5.31. The van der Waals surface area contributed by atoms with Crippen molar-refractivity contribution in [3.63, 3.8) is 0 Å². The van der Waals surface area contributed by atoms with Crippen LogP contribution in [0.5, 0.6) is 11.6 Å². The van der Waals surface area contributed by atoms with Gasteiger partial charge in [-0.05, 0) is 96.2 Å². The van der Waals surface area contributed by atoms with Gasteiger partial charge < -0.3 is 4.74 Å². The predicted octanol–water partition coefficient (Wildman–Crippen LogP) is 10.8. The largest absolute Gasteiger partial charge is 2.00 e. The molecule has 2 aliphatic rings. The summed E-state index contributed by atoms with van der Waals surface area (Å²) in [5, 5.41) is 2.24. The van der Waals surface area contributed by atoms with Crippen molar-refractivity contribution in [1.82, 2.24) is 14.5 Å². The first-order chi connectivity index (χ1) is 25.0. The number of rotatable bonds is 5. The van der Waals surface area contributed by atoms with Crippen LogP contribution >= 0.6 is 0 Å². The van der Waals surface area contributed by atoms with E-state index in [9.17, 15) is 0 Å². The number of aromatic nitrogens is 3. The first kappa shape index (κ1) is 32.6. The number of para-hydroxylation sites is 1. The fourth-order valence-corrected chi connectivity index (χ4v) is 8.85. The summed E-state index contributed by atoms with van der Waals surface area (Å²) in [6.45, 7) is 4.34. The molecule has 0 amide bonds. The second-order valence-electron chi connectivity index (χ2n) is 14.4.